The first kappa shape index (κ1) is 19.0. The number of carbonyl (C=O) groups is 1. The number of nitrogens with one attached hydrogen (secondary N) is 1. The van der Waals surface area contributed by atoms with Crippen LogP contribution in [-0.2, 0) is 0 Å². The smallest absolute Gasteiger partial charge is 0.293 e. The Hall–Kier alpha value is -3.36. The molecule has 0 spiro atoms. The van der Waals surface area contributed by atoms with Gasteiger partial charge in [0, 0.05) is 21.4 Å². The molecule has 1 heterocycles. The van der Waals surface area contributed by atoms with Crippen LogP contribution in [0.5, 0.6) is 0 Å². The molecule has 0 fully saturated rings. The fourth-order valence-electron chi connectivity index (χ4n) is 3.24. The van der Waals surface area contributed by atoms with Crippen molar-refractivity contribution in [3.63, 3.8) is 0 Å². The molecule has 1 aliphatic heterocycles. The van der Waals surface area contributed by atoms with Crippen LogP contribution < -0.4 is 16.0 Å². The number of nitro benzene ring substituents is 1. The Morgan fingerprint density at radius 1 is 1.03 bits per heavy atom. The van der Waals surface area contributed by atoms with Crippen LogP contribution in [0.15, 0.2) is 76.5 Å². The molecule has 0 saturated heterocycles. The molecule has 0 atom stereocenters. The highest BCUT2D eigenvalue weighted by Crippen LogP contribution is 2.48. The molecular weight excluding hydrogens is 388 g/mol. The number of carbonyl (C=O) groups excluding carboxylic acids is 1. The summed E-state index contributed by atoms with van der Waals surface area (Å²) in [7, 11) is 0. The third kappa shape index (κ3) is 3.55. The molecule has 1 amide bonds. The van der Waals surface area contributed by atoms with Gasteiger partial charge in [-0.2, -0.15) is 0 Å². The molecule has 0 bridgehead atoms. The van der Waals surface area contributed by atoms with Crippen LogP contribution in [0.1, 0.15) is 10.4 Å². The van der Waals surface area contributed by atoms with Gasteiger partial charge in [0.15, 0.2) is 0 Å². The first-order valence-electron chi connectivity index (χ1n) is 9.12. The van der Waals surface area contributed by atoms with E-state index in [1.165, 1.54) is 6.07 Å². The maximum Gasteiger partial charge on any atom is 0.293 e. The highest BCUT2D eigenvalue weighted by Gasteiger charge is 2.29. The van der Waals surface area contributed by atoms with E-state index in [1.807, 2.05) is 48.5 Å². The fraction of sp³-hybridized carbons (Fsp3) is 0.0952. The summed E-state index contributed by atoms with van der Waals surface area (Å²) >= 11 is 1.60. The third-order valence-corrected chi connectivity index (χ3v) is 5.70. The average Bonchev–Trinajstić information content (AvgIpc) is 2.75. The van der Waals surface area contributed by atoms with E-state index in [0.717, 1.165) is 21.2 Å². The molecule has 4 rings (SSSR count). The van der Waals surface area contributed by atoms with Gasteiger partial charge in [-0.3, -0.25) is 19.8 Å². The standard InChI is InChI=1S/C21H18N4O3S/c22-11-12-23-15-10-9-14(13-18(15)25(27)28)21(26)24-16-5-1-3-7-19(16)29-20-8-4-2-6-17(20)24/h1-10,13,23H,11-12,22H2/p+1. The molecular formula is C21H19N4O3S+. The van der Waals surface area contributed by atoms with Crippen molar-refractivity contribution in [2.24, 2.45) is 0 Å². The number of rotatable bonds is 5. The van der Waals surface area contributed by atoms with Gasteiger partial charge in [0.1, 0.15) is 5.69 Å². The summed E-state index contributed by atoms with van der Waals surface area (Å²) in [6, 6.07) is 19.8. The minimum atomic E-state index is -0.476. The Kier molecular flexibility index (Phi) is 5.20. The van der Waals surface area contributed by atoms with Crippen molar-refractivity contribution in [1.29, 1.82) is 0 Å². The summed E-state index contributed by atoms with van der Waals surface area (Å²) in [4.78, 5) is 28.1. The molecule has 3 aromatic rings. The minimum Gasteiger partial charge on any atom is -0.374 e. The van der Waals surface area contributed by atoms with E-state index in [4.69, 9.17) is 0 Å². The summed E-state index contributed by atoms with van der Waals surface area (Å²) in [6.45, 7) is 1.11. The van der Waals surface area contributed by atoms with Crippen LogP contribution in [0.3, 0.4) is 0 Å². The van der Waals surface area contributed by atoms with Crippen LogP contribution >= 0.6 is 11.8 Å². The quantitative estimate of drug-likeness (QED) is 0.496. The number of benzene rings is 3. The molecule has 146 valence electrons. The zero-order chi connectivity index (χ0) is 20.4. The van der Waals surface area contributed by atoms with Gasteiger partial charge in [-0.15, -0.1) is 0 Å². The van der Waals surface area contributed by atoms with Gasteiger partial charge in [0.2, 0.25) is 0 Å². The van der Waals surface area contributed by atoms with Crippen molar-refractivity contribution in [2.75, 3.05) is 23.3 Å². The van der Waals surface area contributed by atoms with E-state index < -0.39 is 4.92 Å². The predicted octanol–water partition coefficient (Wildman–Crippen LogP) is 3.69. The lowest BCUT2D eigenvalue weighted by atomic mass is 10.1. The normalized spacial score (nSPS) is 12.1. The number of quaternary nitrogens is 1. The minimum absolute atomic E-state index is 0.128. The number of anilines is 3. The number of para-hydroxylation sites is 2. The molecule has 0 unspecified atom stereocenters. The molecule has 0 aromatic heterocycles. The van der Waals surface area contributed by atoms with Gasteiger partial charge in [0.25, 0.3) is 11.6 Å². The molecule has 1 aliphatic rings. The van der Waals surface area contributed by atoms with Crippen LogP contribution in [0.2, 0.25) is 0 Å². The van der Waals surface area contributed by atoms with Gasteiger partial charge in [-0.05, 0) is 36.4 Å². The van der Waals surface area contributed by atoms with Gasteiger partial charge in [-0.25, -0.2) is 0 Å². The van der Waals surface area contributed by atoms with Gasteiger partial charge in [0.05, 0.1) is 29.4 Å². The lowest BCUT2D eigenvalue weighted by molar-refractivity contribution is -0.384. The number of hydrogen-bond donors (Lipinski definition) is 2. The SMILES string of the molecule is [NH3+]CCNc1ccc(C(=O)N2c3ccccc3Sc3ccccc32)cc1[N+](=O)[O-]. The monoisotopic (exact) mass is 407 g/mol. The second-order valence-electron chi connectivity index (χ2n) is 6.45. The molecule has 4 N–H and O–H groups in total. The predicted molar refractivity (Wildman–Crippen MR) is 113 cm³/mol. The summed E-state index contributed by atoms with van der Waals surface area (Å²) in [5.41, 5.74) is 5.77. The summed E-state index contributed by atoms with van der Waals surface area (Å²) in [5, 5.41) is 14.5. The maximum atomic E-state index is 13.5. The van der Waals surface area contributed by atoms with E-state index >= 15 is 0 Å². The zero-order valence-electron chi connectivity index (χ0n) is 15.5. The van der Waals surface area contributed by atoms with Crippen LogP contribution in [-0.4, -0.2) is 23.9 Å². The molecule has 29 heavy (non-hydrogen) atoms. The van der Waals surface area contributed by atoms with E-state index in [0.29, 0.717) is 18.8 Å². The van der Waals surface area contributed by atoms with Crippen molar-refractivity contribution < 1.29 is 15.5 Å². The van der Waals surface area contributed by atoms with Crippen LogP contribution in [0.25, 0.3) is 0 Å². The molecule has 0 saturated carbocycles. The first-order chi connectivity index (χ1) is 14.1. The van der Waals surface area contributed by atoms with Crippen molar-refractivity contribution in [1.82, 2.24) is 0 Å². The summed E-state index contributed by atoms with van der Waals surface area (Å²) in [6.07, 6.45) is 0. The van der Waals surface area contributed by atoms with E-state index in [1.54, 1.807) is 28.8 Å². The highest BCUT2D eigenvalue weighted by atomic mass is 32.2. The molecule has 7 nitrogen and oxygen atoms in total. The van der Waals surface area contributed by atoms with E-state index in [-0.39, 0.29) is 17.2 Å². The largest absolute Gasteiger partial charge is 0.374 e. The third-order valence-electron chi connectivity index (χ3n) is 4.57. The molecule has 0 aliphatic carbocycles. The Labute approximate surface area is 171 Å². The van der Waals surface area contributed by atoms with Crippen molar-refractivity contribution in [3.8, 4) is 0 Å². The Balaban J connectivity index is 1.79. The summed E-state index contributed by atoms with van der Waals surface area (Å²) in [5.74, 6) is -0.308. The lowest BCUT2D eigenvalue weighted by Crippen LogP contribution is -2.53. The maximum absolute atomic E-state index is 13.5. The Bertz CT molecular complexity index is 1060. The summed E-state index contributed by atoms with van der Waals surface area (Å²) < 4.78 is 0. The van der Waals surface area contributed by atoms with Crippen molar-refractivity contribution in [2.45, 2.75) is 9.79 Å². The van der Waals surface area contributed by atoms with E-state index in [9.17, 15) is 14.9 Å². The number of hydrogen-bond acceptors (Lipinski definition) is 5. The molecule has 0 radical (unpaired) electrons. The van der Waals surface area contributed by atoms with Gasteiger partial charge in [-0.1, -0.05) is 36.0 Å². The molecule has 8 heteroatoms. The van der Waals surface area contributed by atoms with E-state index in [2.05, 4.69) is 11.1 Å². The average molecular weight is 407 g/mol. The number of fused-ring (bicyclic) bond motifs is 2. The Morgan fingerprint density at radius 2 is 1.66 bits per heavy atom. The highest BCUT2D eigenvalue weighted by molar-refractivity contribution is 7.99. The first-order valence-corrected chi connectivity index (χ1v) is 9.93. The second kappa shape index (κ2) is 7.94. The van der Waals surface area contributed by atoms with Gasteiger partial charge >= 0.3 is 0 Å². The number of nitrogens with zero attached hydrogens (tertiary/aromatic N) is 2. The zero-order valence-corrected chi connectivity index (χ0v) is 16.3. The molecule has 3 aromatic carbocycles. The van der Waals surface area contributed by atoms with Crippen molar-refractivity contribution >= 4 is 40.4 Å². The lowest BCUT2D eigenvalue weighted by Gasteiger charge is -2.31. The van der Waals surface area contributed by atoms with Gasteiger partial charge < -0.3 is 11.1 Å². The van der Waals surface area contributed by atoms with Crippen LogP contribution in [0, 0.1) is 10.1 Å². The number of nitro groups is 1. The van der Waals surface area contributed by atoms with Crippen LogP contribution in [0.4, 0.5) is 22.7 Å². The number of amides is 1. The topological polar surface area (TPSA) is 103 Å². The van der Waals surface area contributed by atoms with Crippen molar-refractivity contribution in [3.05, 3.63) is 82.4 Å². The second-order valence-corrected chi connectivity index (χ2v) is 7.53. The fourth-order valence-corrected chi connectivity index (χ4v) is 4.30. The Morgan fingerprint density at radius 3 is 2.24 bits per heavy atom.